The summed E-state index contributed by atoms with van der Waals surface area (Å²) in [4.78, 5) is 11.4. The van der Waals surface area contributed by atoms with Crippen LogP contribution in [0.3, 0.4) is 0 Å². The van der Waals surface area contributed by atoms with E-state index in [9.17, 15) is 4.79 Å². The van der Waals surface area contributed by atoms with Crippen molar-refractivity contribution >= 4 is 17.7 Å². The summed E-state index contributed by atoms with van der Waals surface area (Å²) in [6, 6.07) is 15.2. The van der Waals surface area contributed by atoms with Gasteiger partial charge < -0.3 is 10.3 Å². The van der Waals surface area contributed by atoms with E-state index in [0.717, 1.165) is 22.0 Å². The molecule has 4 rings (SSSR count). The van der Waals surface area contributed by atoms with Crippen LogP contribution in [0.4, 0.5) is 0 Å². The molecule has 0 bridgehead atoms. The van der Waals surface area contributed by atoms with Crippen molar-refractivity contribution in [3.63, 3.8) is 0 Å². The molecule has 0 aliphatic carbocycles. The van der Waals surface area contributed by atoms with E-state index in [4.69, 9.17) is 5.73 Å². The van der Waals surface area contributed by atoms with Gasteiger partial charge in [0.15, 0.2) is 5.16 Å². The van der Waals surface area contributed by atoms with Gasteiger partial charge in [-0.1, -0.05) is 41.2 Å². The van der Waals surface area contributed by atoms with E-state index in [1.54, 1.807) is 41.0 Å². The molecule has 29 heavy (non-hydrogen) atoms. The van der Waals surface area contributed by atoms with Crippen molar-refractivity contribution in [1.29, 1.82) is 0 Å². The monoisotopic (exact) mass is 405 g/mol. The zero-order valence-electron chi connectivity index (χ0n) is 15.9. The smallest absolute Gasteiger partial charge is 0.248 e. The molecular weight excluding hydrogens is 386 g/mol. The van der Waals surface area contributed by atoms with E-state index in [2.05, 4.69) is 39.6 Å². The first-order valence-corrected chi connectivity index (χ1v) is 9.83. The first kappa shape index (κ1) is 18.9. The third kappa shape index (κ3) is 4.04. The van der Waals surface area contributed by atoms with Gasteiger partial charge >= 0.3 is 0 Å². The van der Waals surface area contributed by atoms with Crippen LogP contribution in [0.15, 0.2) is 66.2 Å². The zero-order valence-corrected chi connectivity index (χ0v) is 16.7. The normalized spacial score (nSPS) is 12.1. The maximum Gasteiger partial charge on any atom is 0.248 e. The Morgan fingerprint density at radius 2 is 1.97 bits per heavy atom. The Hall–Kier alpha value is -3.46. The summed E-state index contributed by atoms with van der Waals surface area (Å²) < 4.78 is 3.62. The second-order valence-electron chi connectivity index (χ2n) is 6.57. The molecule has 0 aliphatic heterocycles. The van der Waals surface area contributed by atoms with Gasteiger partial charge in [-0.15, -0.1) is 15.3 Å². The van der Waals surface area contributed by atoms with Gasteiger partial charge in [0.2, 0.25) is 5.91 Å². The number of carbonyl (C=O) groups is 1. The molecule has 1 amide bonds. The van der Waals surface area contributed by atoms with Crippen LogP contribution in [0.2, 0.25) is 0 Å². The molecule has 2 aromatic heterocycles. The number of carbonyl (C=O) groups excluding carboxylic acids is 1. The van der Waals surface area contributed by atoms with Crippen LogP contribution in [0, 0.1) is 0 Å². The number of hydrogen-bond donors (Lipinski definition) is 1. The van der Waals surface area contributed by atoms with E-state index in [-0.39, 0.29) is 5.25 Å². The highest BCUT2D eigenvalue weighted by molar-refractivity contribution is 7.99. The molecule has 8 nitrogen and oxygen atoms in total. The summed E-state index contributed by atoms with van der Waals surface area (Å²) in [5.74, 6) is -0.471. The molecule has 9 heteroatoms. The van der Waals surface area contributed by atoms with Gasteiger partial charge in [-0.25, -0.2) is 4.68 Å². The Bertz CT molecular complexity index is 1170. The lowest BCUT2D eigenvalue weighted by Gasteiger charge is -2.12. The fraction of sp³-hybridized carbons (Fsp3) is 0.150. The molecule has 2 N–H and O–H groups in total. The number of thioether (sulfide) groups is 1. The van der Waals surface area contributed by atoms with Crippen LogP contribution in [-0.2, 0) is 7.05 Å². The lowest BCUT2D eigenvalue weighted by Crippen LogP contribution is -2.10. The van der Waals surface area contributed by atoms with Crippen molar-refractivity contribution < 1.29 is 4.79 Å². The maximum absolute atomic E-state index is 11.4. The molecule has 0 radical (unpaired) electrons. The Morgan fingerprint density at radius 3 is 2.72 bits per heavy atom. The van der Waals surface area contributed by atoms with E-state index in [0.29, 0.717) is 11.3 Å². The minimum Gasteiger partial charge on any atom is -0.366 e. The SMILES string of the molecule is CC(Sc1nncn1C)c1cccc(-n2cc(-c3cccc(C(N)=O)c3)nn2)c1. The molecule has 146 valence electrons. The average molecular weight is 405 g/mol. The molecule has 0 spiro atoms. The van der Waals surface area contributed by atoms with Crippen LogP contribution in [0.5, 0.6) is 0 Å². The maximum atomic E-state index is 11.4. The summed E-state index contributed by atoms with van der Waals surface area (Å²) in [6.45, 7) is 2.13. The Morgan fingerprint density at radius 1 is 1.14 bits per heavy atom. The molecule has 0 saturated carbocycles. The van der Waals surface area contributed by atoms with Crippen molar-refractivity contribution in [3.8, 4) is 16.9 Å². The van der Waals surface area contributed by atoms with Crippen LogP contribution >= 0.6 is 11.8 Å². The van der Waals surface area contributed by atoms with E-state index >= 15 is 0 Å². The minimum absolute atomic E-state index is 0.188. The molecule has 4 aromatic rings. The van der Waals surface area contributed by atoms with Gasteiger partial charge in [0.25, 0.3) is 0 Å². The summed E-state index contributed by atoms with van der Waals surface area (Å²) >= 11 is 1.64. The van der Waals surface area contributed by atoms with Crippen molar-refractivity contribution in [2.24, 2.45) is 12.8 Å². The van der Waals surface area contributed by atoms with Crippen molar-refractivity contribution in [2.75, 3.05) is 0 Å². The van der Waals surface area contributed by atoms with Crippen LogP contribution in [0.1, 0.15) is 28.1 Å². The summed E-state index contributed by atoms with van der Waals surface area (Å²) in [5.41, 5.74) is 9.30. The summed E-state index contributed by atoms with van der Waals surface area (Å²) in [6.07, 6.45) is 3.52. The number of amides is 1. The predicted molar refractivity (Wildman–Crippen MR) is 111 cm³/mol. The molecule has 1 unspecified atom stereocenters. The number of hydrogen-bond acceptors (Lipinski definition) is 6. The highest BCUT2D eigenvalue weighted by Gasteiger charge is 2.13. The predicted octanol–water partition coefficient (Wildman–Crippen LogP) is 3.01. The fourth-order valence-electron chi connectivity index (χ4n) is 2.88. The quantitative estimate of drug-likeness (QED) is 0.495. The van der Waals surface area contributed by atoms with Crippen molar-refractivity contribution in [3.05, 3.63) is 72.2 Å². The van der Waals surface area contributed by atoms with Crippen LogP contribution < -0.4 is 5.73 Å². The van der Waals surface area contributed by atoms with Gasteiger partial charge in [-0.3, -0.25) is 4.79 Å². The van der Waals surface area contributed by atoms with Gasteiger partial charge in [-0.05, 0) is 36.8 Å². The van der Waals surface area contributed by atoms with E-state index < -0.39 is 5.91 Å². The number of nitrogens with two attached hydrogens (primary N) is 1. The highest BCUT2D eigenvalue weighted by atomic mass is 32.2. The van der Waals surface area contributed by atoms with Crippen LogP contribution in [0.25, 0.3) is 16.9 Å². The van der Waals surface area contributed by atoms with Gasteiger partial charge in [0.05, 0.1) is 11.9 Å². The summed E-state index contributed by atoms with van der Waals surface area (Å²) in [7, 11) is 1.93. The van der Waals surface area contributed by atoms with E-state index in [1.165, 1.54) is 0 Å². The zero-order chi connectivity index (χ0) is 20.4. The number of nitrogens with zero attached hydrogens (tertiary/aromatic N) is 6. The number of aryl methyl sites for hydroxylation is 1. The Kier molecular flexibility index (Phi) is 5.13. The first-order chi connectivity index (χ1) is 14.0. The number of rotatable bonds is 6. The molecular formula is C20H19N7OS. The van der Waals surface area contributed by atoms with Gasteiger partial charge in [0.1, 0.15) is 12.0 Å². The van der Waals surface area contributed by atoms with Crippen LogP contribution in [-0.4, -0.2) is 35.7 Å². The second kappa shape index (κ2) is 7.88. The minimum atomic E-state index is -0.471. The Labute approximate surface area is 171 Å². The lowest BCUT2D eigenvalue weighted by molar-refractivity contribution is 0.100. The molecule has 2 heterocycles. The second-order valence-corrected chi connectivity index (χ2v) is 7.88. The van der Waals surface area contributed by atoms with Crippen molar-refractivity contribution in [2.45, 2.75) is 17.3 Å². The number of benzene rings is 2. The van der Waals surface area contributed by atoms with Crippen molar-refractivity contribution in [1.82, 2.24) is 29.8 Å². The standard InChI is InChI=1S/C20H19N7OS/c1-13(29-20-24-22-12-26(20)2)14-5-4-8-17(10-14)27-11-18(23-25-27)15-6-3-7-16(9-15)19(21)28/h3-13H,1-2H3,(H2,21,28). The van der Waals surface area contributed by atoms with E-state index in [1.807, 2.05) is 36.0 Å². The number of primary amides is 1. The highest BCUT2D eigenvalue weighted by Crippen LogP contribution is 2.33. The molecule has 2 aromatic carbocycles. The van der Waals surface area contributed by atoms with Gasteiger partial charge in [-0.2, -0.15) is 0 Å². The number of aromatic nitrogens is 6. The first-order valence-electron chi connectivity index (χ1n) is 8.95. The topological polar surface area (TPSA) is 105 Å². The summed E-state index contributed by atoms with van der Waals surface area (Å²) in [5, 5.41) is 17.6. The fourth-order valence-corrected chi connectivity index (χ4v) is 3.79. The Balaban J connectivity index is 1.58. The largest absolute Gasteiger partial charge is 0.366 e. The molecule has 0 fully saturated rings. The third-order valence-electron chi connectivity index (χ3n) is 4.49. The molecule has 0 aliphatic rings. The molecule has 1 atom stereocenters. The molecule has 0 saturated heterocycles. The average Bonchev–Trinajstić information content (AvgIpc) is 3.38. The third-order valence-corrected chi connectivity index (χ3v) is 5.70. The lowest BCUT2D eigenvalue weighted by atomic mass is 10.1. The van der Waals surface area contributed by atoms with Gasteiger partial charge in [0, 0.05) is 23.4 Å².